The Morgan fingerprint density at radius 1 is 0.730 bits per heavy atom. The molecule has 0 atom stereocenters. The molecule has 1 N–H and O–H groups in total. The van der Waals surface area contributed by atoms with Crippen molar-refractivity contribution in [2.24, 2.45) is 0 Å². The van der Waals surface area contributed by atoms with E-state index < -0.39 is 0 Å². The van der Waals surface area contributed by atoms with E-state index in [9.17, 15) is 14.7 Å². The molecule has 5 aromatic rings. The van der Waals surface area contributed by atoms with Crippen LogP contribution in [0.2, 0.25) is 0 Å². The number of allylic oxidation sites excluding steroid dienone is 2. The van der Waals surface area contributed by atoms with Crippen molar-refractivity contribution in [2.75, 3.05) is 0 Å². The Bertz CT molecular complexity index is 1730. The molecule has 0 unspecified atom stereocenters. The first kappa shape index (κ1) is 22.8. The van der Waals surface area contributed by atoms with Crippen molar-refractivity contribution in [3.8, 4) is 22.6 Å². The van der Waals surface area contributed by atoms with Gasteiger partial charge in [0, 0.05) is 35.5 Å². The Kier molecular flexibility index (Phi) is 5.61. The molecular formula is C32H26N2O3. The summed E-state index contributed by atoms with van der Waals surface area (Å²) in [5, 5.41) is 11.5. The minimum absolute atomic E-state index is 0.0479. The number of rotatable bonds is 4. The third-order valence-corrected chi connectivity index (χ3v) is 7.03. The van der Waals surface area contributed by atoms with Crippen LogP contribution in [0.25, 0.3) is 39.1 Å². The van der Waals surface area contributed by atoms with Gasteiger partial charge < -0.3 is 9.67 Å². The van der Waals surface area contributed by atoms with Crippen molar-refractivity contribution < 1.29 is 9.90 Å². The van der Waals surface area contributed by atoms with Gasteiger partial charge in [0.25, 0.3) is 5.56 Å². The van der Waals surface area contributed by atoms with E-state index >= 15 is 0 Å². The number of pyridine rings is 1. The fourth-order valence-electron chi connectivity index (χ4n) is 5.45. The van der Waals surface area contributed by atoms with E-state index in [-0.39, 0.29) is 22.7 Å². The molecule has 182 valence electrons. The van der Waals surface area contributed by atoms with Crippen molar-refractivity contribution in [2.45, 2.75) is 26.2 Å². The van der Waals surface area contributed by atoms with Gasteiger partial charge in [0.05, 0.1) is 22.2 Å². The van der Waals surface area contributed by atoms with Gasteiger partial charge in [-0.1, -0.05) is 66.7 Å². The minimum Gasteiger partial charge on any atom is -0.512 e. The number of fused-ring (bicyclic) bond motifs is 1. The second-order valence-electron chi connectivity index (χ2n) is 9.38. The summed E-state index contributed by atoms with van der Waals surface area (Å²) in [7, 11) is 0. The predicted octanol–water partition coefficient (Wildman–Crippen LogP) is 6.78. The predicted molar refractivity (Wildman–Crippen MR) is 147 cm³/mol. The number of carbonyl (C=O) groups excluding carboxylic acids is 1. The molecule has 0 saturated carbocycles. The summed E-state index contributed by atoms with van der Waals surface area (Å²) in [4.78, 5) is 27.8. The standard InChI is InChI=1S/C32H26N2O3/c1-21-20-25-28(32(37)33(21)23-14-7-3-8-15-23)30(29-26(35)18-11-19-27(29)36)31(22-12-5-2-6-13-22)34(25)24-16-9-4-10-17-24/h2-10,12-17,20,35H,11,18-19H2,1H3. The third-order valence-electron chi connectivity index (χ3n) is 7.03. The minimum atomic E-state index is -0.221. The molecule has 2 heterocycles. The van der Waals surface area contributed by atoms with Gasteiger partial charge in [-0.3, -0.25) is 14.2 Å². The maximum absolute atomic E-state index is 14.4. The molecule has 0 aliphatic heterocycles. The molecule has 6 rings (SSSR count). The largest absolute Gasteiger partial charge is 0.512 e. The van der Waals surface area contributed by atoms with Gasteiger partial charge in [-0.25, -0.2) is 0 Å². The molecule has 0 amide bonds. The number of hydrogen-bond acceptors (Lipinski definition) is 3. The number of aryl methyl sites for hydroxylation is 1. The quantitative estimate of drug-likeness (QED) is 0.305. The molecule has 1 aliphatic rings. The van der Waals surface area contributed by atoms with Crippen LogP contribution >= 0.6 is 0 Å². The number of ketones is 1. The maximum atomic E-state index is 14.4. The van der Waals surface area contributed by atoms with E-state index in [0.717, 1.165) is 28.3 Å². The zero-order chi connectivity index (χ0) is 25.5. The monoisotopic (exact) mass is 486 g/mol. The molecule has 0 saturated heterocycles. The summed E-state index contributed by atoms with van der Waals surface area (Å²) in [6, 6.07) is 31.1. The van der Waals surface area contributed by atoms with Gasteiger partial charge in [0.2, 0.25) is 0 Å². The molecule has 0 fully saturated rings. The van der Waals surface area contributed by atoms with Crippen LogP contribution in [0.15, 0.2) is 108 Å². The lowest BCUT2D eigenvalue weighted by molar-refractivity contribution is -0.114. The number of carbonyl (C=O) groups is 1. The van der Waals surface area contributed by atoms with E-state index in [2.05, 4.69) is 0 Å². The van der Waals surface area contributed by atoms with E-state index in [1.165, 1.54) is 0 Å². The second-order valence-corrected chi connectivity index (χ2v) is 9.38. The van der Waals surface area contributed by atoms with Gasteiger partial charge in [-0.2, -0.15) is 0 Å². The highest BCUT2D eigenvalue weighted by molar-refractivity contribution is 6.27. The highest BCUT2D eigenvalue weighted by atomic mass is 16.3. The Labute approximate surface area is 214 Å². The molecule has 5 nitrogen and oxygen atoms in total. The molecule has 37 heavy (non-hydrogen) atoms. The summed E-state index contributed by atoms with van der Waals surface area (Å²) in [5.74, 6) is -0.0916. The van der Waals surface area contributed by atoms with Crippen molar-refractivity contribution >= 4 is 22.3 Å². The summed E-state index contributed by atoms with van der Waals surface area (Å²) >= 11 is 0. The van der Waals surface area contributed by atoms with Gasteiger partial charge in [0.1, 0.15) is 5.76 Å². The van der Waals surface area contributed by atoms with Crippen LogP contribution in [0.1, 0.15) is 30.5 Å². The fraction of sp³-hybridized carbons (Fsp3) is 0.125. The smallest absolute Gasteiger partial charge is 0.265 e. The number of aliphatic hydroxyl groups is 1. The Morgan fingerprint density at radius 3 is 1.89 bits per heavy atom. The molecule has 3 aromatic carbocycles. The average molecular weight is 487 g/mol. The normalized spacial score (nSPS) is 13.9. The number of para-hydroxylation sites is 2. The Hall–Kier alpha value is -4.64. The summed E-state index contributed by atoms with van der Waals surface area (Å²) in [6.45, 7) is 1.92. The molecule has 0 radical (unpaired) electrons. The fourth-order valence-corrected chi connectivity index (χ4v) is 5.45. The number of benzene rings is 3. The van der Waals surface area contributed by atoms with Crippen LogP contribution in [0.4, 0.5) is 0 Å². The van der Waals surface area contributed by atoms with Crippen molar-refractivity contribution in [1.29, 1.82) is 0 Å². The van der Waals surface area contributed by atoms with Crippen LogP contribution in [-0.2, 0) is 4.79 Å². The summed E-state index contributed by atoms with van der Waals surface area (Å²) in [6.07, 6.45) is 1.34. The molecule has 0 spiro atoms. The van der Waals surface area contributed by atoms with Crippen LogP contribution < -0.4 is 5.56 Å². The topological polar surface area (TPSA) is 64.2 Å². The van der Waals surface area contributed by atoms with Crippen LogP contribution in [0.5, 0.6) is 0 Å². The summed E-state index contributed by atoms with van der Waals surface area (Å²) in [5.41, 5.74) is 5.22. The molecular weight excluding hydrogens is 460 g/mol. The van der Waals surface area contributed by atoms with Gasteiger partial charge in [-0.15, -0.1) is 0 Å². The van der Waals surface area contributed by atoms with Crippen LogP contribution in [0.3, 0.4) is 0 Å². The van der Waals surface area contributed by atoms with Crippen molar-refractivity contribution in [1.82, 2.24) is 9.13 Å². The lowest BCUT2D eigenvalue weighted by Gasteiger charge is -2.18. The van der Waals surface area contributed by atoms with E-state index in [4.69, 9.17) is 0 Å². The van der Waals surface area contributed by atoms with Gasteiger partial charge in [0.15, 0.2) is 5.78 Å². The first-order valence-electron chi connectivity index (χ1n) is 12.5. The molecule has 0 bridgehead atoms. The van der Waals surface area contributed by atoms with Gasteiger partial charge >= 0.3 is 0 Å². The van der Waals surface area contributed by atoms with E-state index in [1.807, 2.05) is 109 Å². The number of Topliss-reactive ketones (excluding diaryl/α,β-unsaturated/α-hetero) is 1. The van der Waals surface area contributed by atoms with E-state index in [1.54, 1.807) is 4.57 Å². The second kappa shape index (κ2) is 9.10. The van der Waals surface area contributed by atoms with Crippen LogP contribution in [-0.4, -0.2) is 20.0 Å². The van der Waals surface area contributed by atoms with Crippen molar-refractivity contribution in [3.63, 3.8) is 0 Å². The highest BCUT2D eigenvalue weighted by Crippen LogP contribution is 2.42. The molecule has 1 aliphatic carbocycles. The summed E-state index contributed by atoms with van der Waals surface area (Å²) < 4.78 is 3.73. The van der Waals surface area contributed by atoms with Crippen LogP contribution in [0, 0.1) is 6.92 Å². The maximum Gasteiger partial charge on any atom is 0.265 e. The Balaban J connectivity index is 1.86. The van der Waals surface area contributed by atoms with E-state index in [0.29, 0.717) is 35.7 Å². The molecule has 2 aromatic heterocycles. The Morgan fingerprint density at radius 2 is 1.30 bits per heavy atom. The number of aliphatic hydroxyl groups excluding tert-OH is 1. The molecule has 5 heteroatoms. The zero-order valence-corrected chi connectivity index (χ0v) is 20.5. The first-order chi connectivity index (χ1) is 18.1. The van der Waals surface area contributed by atoms with Gasteiger partial charge in [-0.05, 0) is 49.2 Å². The third kappa shape index (κ3) is 3.71. The lowest BCUT2D eigenvalue weighted by atomic mass is 9.88. The number of aromatic nitrogens is 2. The number of nitrogens with zero attached hydrogens (tertiary/aromatic N) is 2. The average Bonchev–Trinajstić information content (AvgIpc) is 3.25. The van der Waals surface area contributed by atoms with Crippen molar-refractivity contribution in [3.05, 3.63) is 124 Å². The number of hydrogen-bond donors (Lipinski definition) is 1. The zero-order valence-electron chi connectivity index (χ0n) is 20.5. The first-order valence-corrected chi connectivity index (χ1v) is 12.5. The highest BCUT2D eigenvalue weighted by Gasteiger charge is 2.32. The lowest BCUT2D eigenvalue weighted by Crippen LogP contribution is -2.22. The SMILES string of the molecule is Cc1cc2c(c(C3=C(O)CCCC3=O)c(-c3ccccc3)n2-c2ccccc2)c(=O)n1-c1ccccc1.